The molecule has 5 heteroatoms. The van der Waals surface area contributed by atoms with Crippen LogP contribution in [0.1, 0.15) is 61.9 Å². The van der Waals surface area contributed by atoms with Gasteiger partial charge in [-0.1, -0.05) is 19.1 Å². The van der Waals surface area contributed by atoms with Gasteiger partial charge in [0.2, 0.25) is 0 Å². The number of cyclic esters (lactones) is 1. The van der Waals surface area contributed by atoms with E-state index in [-0.39, 0.29) is 17.8 Å². The van der Waals surface area contributed by atoms with Gasteiger partial charge in [0, 0.05) is 18.4 Å². The molecule has 1 aliphatic rings. The second-order valence-electron chi connectivity index (χ2n) is 6.75. The van der Waals surface area contributed by atoms with Gasteiger partial charge in [-0.25, -0.2) is 4.79 Å². The fourth-order valence-electron chi connectivity index (χ4n) is 3.07. The van der Waals surface area contributed by atoms with E-state index in [1.165, 1.54) is 7.11 Å². The molecule has 2 atom stereocenters. The summed E-state index contributed by atoms with van der Waals surface area (Å²) in [6, 6.07) is 3.48. The number of carbonyl (C=O) groups excluding carboxylic acids is 2. The van der Waals surface area contributed by atoms with Crippen LogP contribution in [0.2, 0.25) is 0 Å². The number of Topliss-reactive ketones (excluding diaryl/α,β-unsaturated/α-hetero) is 1. The van der Waals surface area contributed by atoms with Crippen molar-refractivity contribution < 1.29 is 23.8 Å². The molecule has 0 bridgehead atoms. The van der Waals surface area contributed by atoms with Gasteiger partial charge < -0.3 is 14.2 Å². The maximum Gasteiger partial charge on any atom is 0.342 e. The van der Waals surface area contributed by atoms with E-state index in [0.717, 1.165) is 19.3 Å². The van der Waals surface area contributed by atoms with Gasteiger partial charge in [-0.3, -0.25) is 4.79 Å². The Morgan fingerprint density at radius 1 is 1.08 bits per heavy atom. The number of hydrogen-bond donors (Lipinski definition) is 0. The van der Waals surface area contributed by atoms with E-state index in [1.54, 1.807) is 19.2 Å². The fourth-order valence-corrected chi connectivity index (χ4v) is 3.07. The molecule has 0 saturated heterocycles. The van der Waals surface area contributed by atoms with Crippen molar-refractivity contribution >= 4 is 17.8 Å². The van der Waals surface area contributed by atoms with Crippen molar-refractivity contribution in [2.24, 2.45) is 5.92 Å². The molecule has 0 fully saturated rings. The van der Waals surface area contributed by atoms with Crippen LogP contribution in [0.15, 0.2) is 18.2 Å². The lowest BCUT2D eigenvalue weighted by atomic mass is 9.95. The predicted octanol–water partition coefficient (Wildman–Crippen LogP) is 4.43. The maximum atomic E-state index is 12.7. The molecule has 0 amide bonds. The molecule has 2 rings (SSSR count). The number of methoxy groups -OCH3 is 2. The van der Waals surface area contributed by atoms with E-state index in [0.29, 0.717) is 35.5 Å². The van der Waals surface area contributed by atoms with E-state index in [4.69, 9.17) is 14.2 Å². The van der Waals surface area contributed by atoms with E-state index in [1.807, 2.05) is 26.0 Å². The van der Waals surface area contributed by atoms with Crippen molar-refractivity contribution in [2.75, 3.05) is 14.2 Å². The Morgan fingerprint density at radius 3 is 2.54 bits per heavy atom. The van der Waals surface area contributed by atoms with Crippen LogP contribution in [0.3, 0.4) is 0 Å². The highest BCUT2D eigenvalue weighted by atomic mass is 16.5. The maximum absolute atomic E-state index is 12.7. The Bertz CT molecular complexity index is 677. The highest BCUT2D eigenvalue weighted by Crippen LogP contribution is 2.31. The molecule has 1 aliphatic heterocycles. The molecule has 1 heterocycles. The summed E-state index contributed by atoms with van der Waals surface area (Å²) < 4.78 is 16.3. The molecule has 0 unspecified atom stereocenters. The number of rotatable bonds is 2. The predicted molar refractivity (Wildman–Crippen MR) is 101 cm³/mol. The Morgan fingerprint density at radius 2 is 1.85 bits per heavy atom. The molecule has 26 heavy (non-hydrogen) atoms. The monoisotopic (exact) mass is 360 g/mol. The lowest BCUT2D eigenvalue weighted by molar-refractivity contribution is -0.122. The Hall–Kier alpha value is -2.30. The van der Waals surface area contributed by atoms with Crippen LogP contribution >= 0.6 is 0 Å². The Kier molecular flexibility index (Phi) is 7.25. The number of carbonyl (C=O) groups is 2. The average Bonchev–Trinajstić information content (AvgIpc) is 2.63. The number of esters is 1. The molecule has 5 nitrogen and oxygen atoms in total. The second kappa shape index (κ2) is 9.41. The van der Waals surface area contributed by atoms with Gasteiger partial charge in [-0.2, -0.15) is 0 Å². The first-order chi connectivity index (χ1) is 12.5. The van der Waals surface area contributed by atoms with Crippen LogP contribution < -0.4 is 9.47 Å². The summed E-state index contributed by atoms with van der Waals surface area (Å²) in [5.41, 5.74) is 1.09. The number of benzene rings is 1. The van der Waals surface area contributed by atoms with Gasteiger partial charge in [-0.05, 0) is 44.2 Å². The van der Waals surface area contributed by atoms with E-state index < -0.39 is 5.97 Å². The SMILES string of the molecule is COc1cc2c(c(OC)c1)C(=O)O[C@@H](C)CCCC(=O)[C@@H](C)CC/C=C/2. The third-order valence-electron chi connectivity index (χ3n) is 4.72. The Labute approximate surface area is 155 Å². The highest BCUT2D eigenvalue weighted by Gasteiger charge is 2.22. The molecule has 0 N–H and O–H groups in total. The molecule has 142 valence electrons. The number of fused-ring (bicyclic) bond motifs is 1. The van der Waals surface area contributed by atoms with Crippen LogP contribution in [-0.4, -0.2) is 32.1 Å². The lowest BCUT2D eigenvalue weighted by Crippen LogP contribution is -2.18. The first-order valence-electron chi connectivity index (χ1n) is 9.12. The third-order valence-corrected chi connectivity index (χ3v) is 4.72. The summed E-state index contributed by atoms with van der Waals surface area (Å²) in [4.78, 5) is 24.9. The van der Waals surface area contributed by atoms with Crippen LogP contribution in [0.4, 0.5) is 0 Å². The smallest absolute Gasteiger partial charge is 0.342 e. The van der Waals surface area contributed by atoms with Crippen LogP contribution in [0, 0.1) is 5.92 Å². The number of allylic oxidation sites excluding steroid dienone is 1. The quantitative estimate of drug-likeness (QED) is 0.730. The standard InChI is InChI=1S/C21H28O5/c1-14-8-5-6-10-16-12-17(24-3)13-19(25-4)20(16)21(23)26-15(2)9-7-11-18(14)22/h6,10,12-15H,5,7-9,11H2,1-4H3/b10-6+/t14-,15-/m0/s1. The van der Waals surface area contributed by atoms with Crippen LogP contribution in [0.25, 0.3) is 6.08 Å². The number of ketones is 1. The Balaban J connectivity index is 2.41. The van der Waals surface area contributed by atoms with Gasteiger partial charge in [0.25, 0.3) is 0 Å². The van der Waals surface area contributed by atoms with E-state index >= 15 is 0 Å². The minimum Gasteiger partial charge on any atom is -0.497 e. The number of hydrogen-bond acceptors (Lipinski definition) is 5. The van der Waals surface area contributed by atoms with E-state index in [9.17, 15) is 9.59 Å². The lowest BCUT2D eigenvalue weighted by Gasteiger charge is -2.18. The molecule has 0 aromatic heterocycles. The average molecular weight is 360 g/mol. The summed E-state index contributed by atoms with van der Waals surface area (Å²) in [5, 5.41) is 0. The summed E-state index contributed by atoms with van der Waals surface area (Å²) >= 11 is 0. The minimum atomic E-state index is -0.423. The molecule has 0 radical (unpaired) electrons. The zero-order chi connectivity index (χ0) is 19.1. The van der Waals surface area contributed by atoms with Gasteiger partial charge in [0.15, 0.2) is 0 Å². The van der Waals surface area contributed by atoms with Crippen LogP contribution in [0.5, 0.6) is 11.5 Å². The molecule has 1 aromatic carbocycles. The summed E-state index contributed by atoms with van der Waals surface area (Å²) in [6.07, 6.45) is 7.05. The molecule has 0 saturated carbocycles. The van der Waals surface area contributed by atoms with Gasteiger partial charge in [0.05, 0.1) is 20.3 Å². The zero-order valence-electron chi connectivity index (χ0n) is 16.0. The van der Waals surface area contributed by atoms with Crippen molar-refractivity contribution in [1.29, 1.82) is 0 Å². The van der Waals surface area contributed by atoms with Gasteiger partial charge >= 0.3 is 5.97 Å². The summed E-state index contributed by atoms with van der Waals surface area (Å²) in [5.74, 6) is 0.929. The van der Waals surface area contributed by atoms with Crippen molar-refractivity contribution in [3.8, 4) is 11.5 Å². The third kappa shape index (κ3) is 5.10. The van der Waals surface area contributed by atoms with Crippen molar-refractivity contribution in [1.82, 2.24) is 0 Å². The topological polar surface area (TPSA) is 61.8 Å². The first-order valence-corrected chi connectivity index (χ1v) is 9.12. The van der Waals surface area contributed by atoms with Gasteiger partial charge in [-0.15, -0.1) is 0 Å². The highest BCUT2D eigenvalue weighted by molar-refractivity contribution is 5.97. The zero-order valence-corrected chi connectivity index (χ0v) is 16.0. The largest absolute Gasteiger partial charge is 0.497 e. The first kappa shape index (κ1) is 20.0. The molecular formula is C21H28O5. The molecule has 0 aliphatic carbocycles. The van der Waals surface area contributed by atoms with Gasteiger partial charge in [0.1, 0.15) is 22.8 Å². The molecule has 0 spiro atoms. The molecular weight excluding hydrogens is 332 g/mol. The second-order valence-corrected chi connectivity index (χ2v) is 6.75. The minimum absolute atomic E-state index is 0.0414. The van der Waals surface area contributed by atoms with E-state index in [2.05, 4.69) is 0 Å². The molecule has 1 aromatic rings. The fraction of sp³-hybridized carbons (Fsp3) is 0.524. The normalized spacial score (nSPS) is 23.4. The van der Waals surface area contributed by atoms with Crippen molar-refractivity contribution in [3.05, 3.63) is 29.3 Å². The summed E-state index contributed by atoms with van der Waals surface area (Å²) in [7, 11) is 3.09. The van der Waals surface area contributed by atoms with Crippen LogP contribution in [-0.2, 0) is 9.53 Å². The summed E-state index contributed by atoms with van der Waals surface area (Å²) in [6.45, 7) is 3.83. The number of ether oxygens (including phenoxy) is 3. The van der Waals surface area contributed by atoms with Crippen molar-refractivity contribution in [2.45, 2.75) is 52.1 Å². The van der Waals surface area contributed by atoms with Crippen molar-refractivity contribution in [3.63, 3.8) is 0 Å².